The Bertz CT molecular complexity index is 1090. The topological polar surface area (TPSA) is 86.6 Å². The summed E-state index contributed by atoms with van der Waals surface area (Å²) in [5.74, 6) is 1.91. The zero-order valence-electron chi connectivity index (χ0n) is 18.8. The number of nitrogens with one attached hydrogen (secondary N) is 3. The Balaban J connectivity index is 1.23. The molecule has 32 heavy (non-hydrogen) atoms. The molecule has 2 heterocycles. The Labute approximate surface area is 188 Å². The summed E-state index contributed by atoms with van der Waals surface area (Å²) in [6.45, 7) is 6.43. The van der Waals surface area contributed by atoms with E-state index in [0.717, 1.165) is 49.0 Å². The maximum absolute atomic E-state index is 11.6. The zero-order valence-corrected chi connectivity index (χ0v) is 18.8. The van der Waals surface area contributed by atoms with Crippen LogP contribution in [0.1, 0.15) is 17.8 Å². The lowest BCUT2D eigenvalue weighted by atomic mass is 10.2. The second-order valence-electron chi connectivity index (χ2n) is 7.94. The molecule has 0 aliphatic carbocycles. The van der Waals surface area contributed by atoms with Crippen LogP contribution in [0.25, 0.3) is 11.0 Å². The van der Waals surface area contributed by atoms with Crippen molar-refractivity contribution in [3.63, 3.8) is 0 Å². The molecule has 1 fully saturated rings. The molecule has 3 N–H and O–H groups in total. The maximum Gasteiger partial charge on any atom is 0.239 e. The van der Waals surface area contributed by atoms with Gasteiger partial charge < -0.3 is 25.4 Å². The van der Waals surface area contributed by atoms with Gasteiger partial charge in [0.1, 0.15) is 5.82 Å². The number of aromatic nitrogens is 2. The molecule has 0 bridgehead atoms. The normalized spacial score (nSPS) is 14.5. The highest BCUT2D eigenvalue weighted by Crippen LogP contribution is 2.17. The fourth-order valence-corrected chi connectivity index (χ4v) is 4.01. The van der Waals surface area contributed by atoms with Gasteiger partial charge in [0.05, 0.1) is 17.6 Å². The molecular formula is C24H31N7O. The van der Waals surface area contributed by atoms with Crippen LogP contribution < -0.4 is 20.9 Å². The van der Waals surface area contributed by atoms with Crippen LogP contribution >= 0.6 is 0 Å². The summed E-state index contributed by atoms with van der Waals surface area (Å²) >= 11 is 0. The van der Waals surface area contributed by atoms with Crippen LogP contribution in [0.15, 0.2) is 53.5 Å². The maximum atomic E-state index is 11.6. The van der Waals surface area contributed by atoms with E-state index in [1.807, 2.05) is 6.07 Å². The first-order chi connectivity index (χ1) is 15.6. The third kappa shape index (κ3) is 5.19. The van der Waals surface area contributed by atoms with E-state index in [1.165, 1.54) is 11.1 Å². The third-order valence-corrected chi connectivity index (χ3v) is 5.72. The van der Waals surface area contributed by atoms with Crippen molar-refractivity contribution in [1.82, 2.24) is 25.5 Å². The summed E-state index contributed by atoms with van der Waals surface area (Å²) in [7, 11) is 1.79. The van der Waals surface area contributed by atoms with E-state index in [1.54, 1.807) is 7.05 Å². The number of imidazole rings is 1. The van der Waals surface area contributed by atoms with E-state index >= 15 is 0 Å². The minimum Gasteiger partial charge on any atom is -0.360 e. The molecule has 2 aromatic carbocycles. The van der Waals surface area contributed by atoms with E-state index in [-0.39, 0.29) is 5.91 Å². The molecule has 4 rings (SSSR count). The van der Waals surface area contributed by atoms with E-state index < -0.39 is 0 Å². The highest BCUT2D eigenvalue weighted by atomic mass is 16.2. The molecule has 3 aromatic rings. The number of carbonyl (C=O) groups is 1. The Morgan fingerprint density at radius 2 is 1.97 bits per heavy atom. The largest absolute Gasteiger partial charge is 0.360 e. The molecular weight excluding hydrogens is 402 g/mol. The number of fused-ring (bicyclic) bond motifs is 1. The average Bonchev–Trinajstić information content (AvgIpc) is 3.14. The smallest absolute Gasteiger partial charge is 0.239 e. The van der Waals surface area contributed by atoms with Gasteiger partial charge in [-0.2, -0.15) is 0 Å². The lowest BCUT2D eigenvalue weighted by Gasteiger charge is -2.28. The minimum atomic E-state index is 0.0771. The third-order valence-electron chi connectivity index (χ3n) is 5.72. The number of aryl methyl sites for hydroxylation is 2. The lowest BCUT2D eigenvalue weighted by molar-refractivity contribution is -0.120. The standard InChI is InChI=1S/C24H31N7O/c1-18-29-21-6-3-4-7-22(21)31(18)14-5-12-27-24(25-2)28-16-19-8-10-20(11-9-19)30-15-13-26-23(32)17-30/h3-4,6-11H,5,12-17H2,1-2H3,(H,26,32)(H2,25,27,28). The number of piperazine rings is 1. The summed E-state index contributed by atoms with van der Waals surface area (Å²) in [6.07, 6.45) is 0.972. The van der Waals surface area contributed by atoms with Gasteiger partial charge in [0.25, 0.3) is 0 Å². The molecule has 0 saturated carbocycles. The van der Waals surface area contributed by atoms with Gasteiger partial charge in [-0.05, 0) is 43.2 Å². The van der Waals surface area contributed by atoms with Crippen molar-refractivity contribution in [2.24, 2.45) is 4.99 Å². The van der Waals surface area contributed by atoms with Gasteiger partial charge in [-0.25, -0.2) is 4.98 Å². The molecule has 0 unspecified atom stereocenters. The van der Waals surface area contributed by atoms with Crippen LogP contribution in [0, 0.1) is 6.92 Å². The van der Waals surface area contributed by atoms with Crippen LogP contribution in [-0.4, -0.2) is 54.6 Å². The quantitative estimate of drug-likeness (QED) is 0.302. The van der Waals surface area contributed by atoms with Crippen LogP contribution in [0.2, 0.25) is 0 Å². The zero-order chi connectivity index (χ0) is 22.3. The highest BCUT2D eigenvalue weighted by Gasteiger charge is 2.16. The number of hydrogen-bond donors (Lipinski definition) is 3. The van der Waals surface area contributed by atoms with Gasteiger partial charge in [0.2, 0.25) is 5.91 Å². The number of hydrogen-bond acceptors (Lipinski definition) is 4. The summed E-state index contributed by atoms with van der Waals surface area (Å²) in [5.41, 5.74) is 4.47. The Hall–Kier alpha value is -3.55. The number of rotatable bonds is 7. The summed E-state index contributed by atoms with van der Waals surface area (Å²) < 4.78 is 2.26. The fourth-order valence-electron chi connectivity index (χ4n) is 4.01. The molecule has 8 nitrogen and oxygen atoms in total. The van der Waals surface area contributed by atoms with Crippen molar-refractivity contribution in [2.45, 2.75) is 26.4 Å². The van der Waals surface area contributed by atoms with Crippen molar-refractivity contribution >= 4 is 28.6 Å². The summed E-state index contributed by atoms with van der Waals surface area (Å²) in [6, 6.07) is 16.6. The van der Waals surface area contributed by atoms with Crippen LogP contribution in [-0.2, 0) is 17.9 Å². The van der Waals surface area contributed by atoms with Gasteiger partial charge in [-0.15, -0.1) is 0 Å². The summed E-state index contributed by atoms with van der Waals surface area (Å²) in [5, 5.41) is 9.61. The van der Waals surface area contributed by atoms with Crippen LogP contribution in [0.3, 0.4) is 0 Å². The number of para-hydroxylation sites is 2. The van der Waals surface area contributed by atoms with Gasteiger partial charge in [-0.3, -0.25) is 9.79 Å². The Morgan fingerprint density at radius 1 is 1.16 bits per heavy atom. The van der Waals surface area contributed by atoms with E-state index in [4.69, 9.17) is 0 Å². The van der Waals surface area contributed by atoms with E-state index in [0.29, 0.717) is 19.6 Å². The first-order valence-electron chi connectivity index (χ1n) is 11.1. The number of aliphatic imine (C=N–C) groups is 1. The van der Waals surface area contributed by atoms with Gasteiger partial charge in [-0.1, -0.05) is 24.3 Å². The lowest BCUT2D eigenvalue weighted by Crippen LogP contribution is -2.47. The molecule has 1 amide bonds. The molecule has 0 spiro atoms. The highest BCUT2D eigenvalue weighted by molar-refractivity contribution is 5.82. The predicted octanol–water partition coefficient (Wildman–Crippen LogP) is 2.04. The fraction of sp³-hybridized carbons (Fsp3) is 0.375. The number of nitrogens with zero attached hydrogens (tertiary/aromatic N) is 4. The SMILES string of the molecule is CN=C(NCCCn1c(C)nc2ccccc21)NCc1ccc(N2CCNC(=O)C2)cc1. The molecule has 1 saturated heterocycles. The first kappa shape index (κ1) is 21.7. The summed E-state index contributed by atoms with van der Waals surface area (Å²) in [4.78, 5) is 22.6. The number of benzene rings is 2. The second kappa shape index (κ2) is 10.2. The van der Waals surface area contributed by atoms with Crippen LogP contribution in [0.4, 0.5) is 5.69 Å². The van der Waals surface area contributed by atoms with Crippen LogP contribution in [0.5, 0.6) is 0 Å². The van der Waals surface area contributed by atoms with Gasteiger partial charge >= 0.3 is 0 Å². The minimum absolute atomic E-state index is 0.0771. The second-order valence-corrected chi connectivity index (χ2v) is 7.94. The number of guanidine groups is 1. The van der Waals surface area contributed by atoms with E-state index in [2.05, 4.69) is 84.8 Å². The Kier molecular flexibility index (Phi) is 6.89. The Morgan fingerprint density at radius 3 is 2.75 bits per heavy atom. The molecule has 8 heteroatoms. The number of anilines is 1. The first-order valence-corrected chi connectivity index (χ1v) is 11.1. The number of amides is 1. The van der Waals surface area contributed by atoms with Crippen molar-refractivity contribution < 1.29 is 4.79 Å². The monoisotopic (exact) mass is 433 g/mol. The predicted molar refractivity (Wildman–Crippen MR) is 129 cm³/mol. The van der Waals surface area contributed by atoms with Crippen molar-refractivity contribution in [3.8, 4) is 0 Å². The molecule has 0 atom stereocenters. The van der Waals surface area contributed by atoms with Gasteiger partial charge in [0.15, 0.2) is 5.96 Å². The molecule has 1 aliphatic rings. The average molecular weight is 434 g/mol. The van der Waals surface area contributed by atoms with Crippen molar-refractivity contribution in [2.75, 3.05) is 38.1 Å². The number of carbonyl (C=O) groups excluding carboxylic acids is 1. The van der Waals surface area contributed by atoms with Gasteiger partial charge in [0, 0.05) is 45.5 Å². The van der Waals surface area contributed by atoms with Crippen molar-refractivity contribution in [1.29, 1.82) is 0 Å². The molecule has 1 aliphatic heterocycles. The van der Waals surface area contributed by atoms with Crippen molar-refractivity contribution in [3.05, 3.63) is 59.9 Å². The molecule has 0 radical (unpaired) electrons. The van der Waals surface area contributed by atoms with E-state index in [9.17, 15) is 4.79 Å². The molecule has 1 aromatic heterocycles. The molecule has 168 valence electrons.